The van der Waals surface area contributed by atoms with E-state index in [9.17, 15) is 8.78 Å². The molecule has 0 amide bonds. The second-order valence-electron chi connectivity index (χ2n) is 4.89. The van der Waals surface area contributed by atoms with Crippen molar-refractivity contribution < 1.29 is 13.5 Å². The summed E-state index contributed by atoms with van der Waals surface area (Å²) in [5, 5.41) is 6.11. The molecular formula is C17H20F2N4O. The summed E-state index contributed by atoms with van der Waals surface area (Å²) in [6.07, 6.45) is 3.30. The van der Waals surface area contributed by atoms with Gasteiger partial charge in [-0.05, 0) is 37.3 Å². The van der Waals surface area contributed by atoms with Crippen molar-refractivity contribution in [2.24, 2.45) is 4.99 Å². The molecule has 0 aliphatic heterocycles. The quantitative estimate of drug-likeness (QED) is 0.464. The lowest BCUT2D eigenvalue weighted by Gasteiger charge is -2.12. The molecule has 1 aromatic carbocycles. The van der Waals surface area contributed by atoms with Crippen LogP contribution in [0.15, 0.2) is 47.7 Å². The second-order valence-corrected chi connectivity index (χ2v) is 4.89. The monoisotopic (exact) mass is 334 g/mol. The van der Waals surface area contributed by atoms with E-state index in [0.717, 1.165) is 18.2 Å². The number of nitrogens with zero attached hydrogens (tertiary/aromatic N) is 2. The zero-order valence-corrected chi connectivity index (χ0v) is 13.4. The third-order valence-corrected chi connectivity index (χ3v) is 3.06. The standard InChI is InChI=1S/C17H20F2N4O/c1-2-21-17(22-8-9-24-15-4-3-7-20-12-15)23-11-13-10-14(18)5-6-16(13)19/h3-7,10,12H,2,8-9,11H2,1H3,(H2,21,22,23). The predicted molar refractivity (Wildman–Crippen MR) is 88.9 cm³/mol. The molecule has 24 heavy (non-hydrogen) atoms. The first-order chi connectivity index (χ1) is 11.7. The molecule has 0 aliphatic carbocycles. The predicted octanol–water partition coefficient (Wildman–Crippen LogP) is 2.49. The Morgan fingerprint density at radius 1 is 1.25 bits per heavy atom. The van der Waals surface area contributed by atoms with Gasteiger partial charge in [-0.3, -0.25) is 4.98 Å². The Labute approximate surface area is 139 Å². The lowest BCUT2D eigenvalue weighted by atomic mass is 10.2. The summed E-state index contributed by atoms with van der Waals surface area (Å²) in [6, 6.07) is 6.94. The SMILES string of the molecule is CCNC(=NCc1cc(F)ccc1F)NCCOc1cccnc1. The lowest BCUT2D eigenvalue weighted by Crippen LogP contribution is -2.39. The fourth-order valence-electron chi connectivity index (χ4n) is 1.94. The van der Waals surface area contributed by atoms with Crippen LogP contribution in [0.2, 0.25) is 0 Å². The normalized spacial score (nSPS) is 11.2. The topological polar surface area (TPSA) is 58.5 Å². The van der Waals surface area contributed by atoms with Crippen molar-refractivity contribution in [3.05, 3.63) is 59.9 Å². The second kappa shape index (κ2) is 9.44. The van der Waals surface area contributed by atoms with E-state index < -0.39 is 11.6 Å². The molecule has 128 valence electrons. The van der Waals surface area contributed by atoms with Gasteiger partial charge in [0.15, 0.2) is 5.96 Å². The molecule has 0 saturated heterocycles. The molecule has 2 rings (SSSR count). The molecule has 0 bridgehead atoms. The van der Waals surface area contributed by atoms with Gasteiger partial charge >= 0.3 is 0 Å². The molecule has 0 atom stereocenters. The largest absolute Gasteiger partial charge is 0.490 e. The fraction of sp³-hybridized carbons (Fsp3) is 0.294. The van der Waals surface area contributed by atoms with Crippen LogP contribution >= 0.6 is 0 Å². The van der Waals surface area contributed by atoms with Gasteiger partial charge in [0.1, 0.15) is 24.0 Å². The van der Waals surface area contributed by atoms with Gasteiger partial charge in [-0.1, -0.05) is 0 Å². The Hall–Kier alpha value is -2.70. The molecule has 1 aromatic heterocycles. The number of rotatable bonds is 7. The maximum absolute atomic E-state index is 13.6. The van der Waals surface area contributed by atoms with E-state index in [-0.39, 0.29) is 12.1 Å². The van der Waals surface area contributed by atoms with Crippen molar-refractivity contribution in [1.82, 2.24) is 15.6 Å². The molecule has 2 N–H and O–H groups in total. The van der Waals surface area contributed by atoms with Crippen molar-refractivity contribution in [2.45, 2.75) is 13.5 Å². The van der Waals surface area contributed by atoms with Gasteiger partial charge in [0.05, 0.1) is 19.3 Å². The zero-order valence-electron chi connectivity index (χ0n) is 13.4. The van der Waals surface area contributed by atoms with E-state index in [2.05, 4.69) is 20.6 Å². The minimum Gasteiger partial charge on any atom is -0.490 e. The van der Waals surface area contributed by atoms with Crippen LogP contribution in [0, 0.1) is 11.6 Å². The third-order valence-electron chi connectivity index (χ3n) is 3.06. The smallest absolute Gasteiger partial charge is 0.191 e. The molecule has 2 aromatic rings. The van der Waals surface area contributed by atoms with Gasteiger partial charge in [0.2, 0.25) is 0 Å². The van der Waals surface area contributed by atoms with Gasteiger partial charge in [0.25, 0.3) is 0 Å². The number of hydrogen-bond donors (Lipinski definition) is 2. The lowest BCUT2D eigenvalue weighted by molar-refractivity contribution is 0.320. The number of benzene rings is 1. The van der Waals surface area contributed by atoms with E-state index in [1.807, 2.05) is 13.0 Å². The number of ether oxygens (including phenoxy) is 1. The molecular weight excluding hydrogens is 314 g/mol. The van der Waals surface area contributed by atoms with Crippen LogP contribution in [0.4, 0.5) is 8.78 Å². The summed E-state index contributed by atoms with van der Waals surface area (Å²) in [5.41, 5.74) is 0.207. The van der Waals surface area contributed by atoms with Crippen LogP contribution in [0.25, 0.3) is 0 Å². The van der Waals surface area contributed by atoms with Crippen molar-refractivity contribution in [3.8, 4) is 5.75 Å². The average molecular weight is 334 g/mol. The fourth-order valence-corrected chi connectivity index (χ4v) is 1.94. The van der Waals surface area contributed by atoms with Crippen LogP contribution in [-0.4, -0.2) is 30.6 Å². The molecule has 0 spiro atoms. The van der Waals surface area contributed by atoms with Crippen LogP contribution in [0.1, 0.15) is 12.5 Å². The summed E-state index contributed by atoms with van der Waals surface area (Å²) in [7, 11) is 0. The van der Waals surface area contributed by atoms with Crippen LogP contribution < -0.4 is 15.4 Å². The summed E-state index contributed by atoms with van der Waals surface area (Å²) in [5.74, 6) is 0.236. The number of pyridine rings is 1. The number of halogens is 2. The first kappa shape index (κ1) is 17.7. The van der Waals surface area contributed by atoms with Gasteiger partial charge in [0, 0.05) is 18.3 Å². The Balaban J connectivity index is 1.85. The Morgan fingerprint density at radius 3 is 2.88 bits per heavy atom. The van der Waals surface area contributed by atoms with E-state index in [0.29, 0.717) is 31.4 Å². The zero-order chi connectivity index (χ0) is 17.2. The molecule has 0 saturated carbocycles. The van der Waals surface area contributed by atoms with E-state index in [4.69, 9.17) is 4.74 Å². The van der Waals surface area contributed by atoms with Gasteiger partial charge < -0.3 is 15.4 Å². The molecule has 0 fully saturated rings. The highest BCUT2D eigenvalue weighted by molar-refractivity contribution is 5.79. The average Bonchev–Trinajstić information content (AvgIpc) is 2.60. The van der Waals surface area contributed by atoms with Crippen molar-refractivity contribution >= 4 is 5.96 Å². The molecule has 0 aliphatic rings. The van der Waals surface area contributed by atoms with Crippen molar-refractivity contribution in [2.75, 3.05) is 19.7 Å². The minimum atomic E-state index is -0.482. The highest BCUT2D eigenvalue weighted by Crippen LogP contribution is 2.10. The van der Waals surface area contributed by atoms with Gasteiger partial charge in [-0.2, -0.15) is 0 Å². The van der Waals surface area contributed by atoms with E-state index >= 15 is 0 Å². The number of hydrogen-bond acceptors (Lipinski definition) is 3. The van der Waals surface area contributed by atoms with Crippen LogP contribution in [0.3, 0.4) is 0 Å². The number of guanidine groups is 1. The molecule has 5 nitrogen and oxygen atoms in total. The highest BCUT2D eigenvalue weighted by Gasteiger charge is 2.04. The van der Waals surface area contributed by atoms with Crippen molar-refractivity contribution in [1.29, 1.82) is 0 Å². The number of aromatic nitrogens is 1. The highest BCUT2D eigenvalue weighted by atomic mass is 19.1. The van der Waals surface area contributed by atoms with Crippen LogP contribution in [0.5, 0.6) is 5.75 Å². The Kier molecular flexibility index (Phi) is 6.94. The molecule has 0 unspecified atom stereocenters. The minimum absolute atomic E-state index is 0.0440. The van der Waals surface area contributed by atoms with E-state index in [1.54, 1.807) is 18.5 Å². The van der Waals surface area contributed by atoms with Crippen LogP contribution in [-0.2, 0) is 6.54 Å². The Morgan fingerprint density at radius 2 is 2.12 bits per heavy atom. The number of aliphatic imine (C=N–C) groups is 1. The van der Waals surface area contributed by atoms with Crippen molar-refractivity contribution in [3.63, 3.8) is 0 Å². The maximum atomic E-state index is 13.6. The molecule has 0 radical (unpaired) electrons. The first-order valence-corrected chi connectivity index (χ1v) is 7.68. The maximum Gasteiger partial charge on any atom is 0.191 e. The number of nitrogens with one attached hydrogen (secondary N) is 2. The van der Waals surface area contributed by atoms with E-state index in [1.165, 1.54) is 0 Å². The third kappa shape index (κ3) is 5.83. The van der Waals surface area contributed by atoms with Gasteiger partial charge in [-0.25, -0.2) is 13.8 Å². The Bertz CT molecular complexity index is 665. The summed E-state index contributed by atoms with van der Waals surface area (Å²) in [4.78, 5) is 8.21. The first-order valence-electron chi connectivity index (χ1n) is 7.68. The molecule has 7 heteroatoms. The summed E-state index contributed by atoms with van der Waals surface area (Å²) < 4.78 is 32.3. The summed E-state index contributed by atoms with van der Waals surface area (Å²) in [6.45, 7) is 3.55. The summed E-state index contributed by atoms with van der Waals surface area (Å²) >= 11 is 0. The molecule has 1 heterocycles. The van der Waals surface area contributed by atoms with Gasteiger partial charge in [-0.15, -0.1) is 0 Å².